The predicted octanol–water partition coefficient (Wildman–Crippen LogP) is 1.08. The molecule has 2 atom stereocenters. The van der Waals surface area contributed by atoms with Crippen molar-refractivity contribution in [1.82, 2.24) is 10.2 Å². The molecule has 0 saturated carbocycles. The molecule has 2 N–H and O–H groups in total. The Balaban J connectivity index is 2.12. The first-order chi connectivity index (χ1) is 9.11. The standard InChI is InChI=1S/C15H25N3O/c1-12-10-18(9-8-16-12)15(11-19)13-4-6-14(7-5-13)17(2)3/h4-7,12,15-16,19H,8-11H2,1-3H3. The van der Waals surface area contributed by atoms with Gasteiger partial charge in [-0.25, -0.2) is 0 Å². The van der Waals surface area contributed by atoms with Gasteiger partial charge in [-0.15, -0.1) is 0 Å². The molecular weight excluding hydrogens is 238 g/mol. The molecule has 4 nitrogen and oxygen atoms in total. The molecule has 0 bridgehead atoms. The van der Waals surface area contributed by atoms with Crippen LogP contribution in [0.4, 0.5) is 5.69 Å². The van der Waals surface area contributed by atoms with E-state index in [1.165, 1.54) is 11.3 Å². The second-order valence-electron chi connectivity index (χ2n) is 5.53. The van der Waals surface area contributed by atoms with Crippen LogP contribution in [0.15, 0.2) is 24.3 Å². The van der Waals surface area contributed by atoms with Crippen LogP contribution >= 0.6 is 0 Å². The minimum atomic E-state index is 0.112. The van der Waals surface area contributed by atoms with Crippen LogP contribution in [0.1, 0.15) is 18.5 Å². The number of nitrogens with one attached hydrogen (secondary N) is 1. The molecule has 106 valence electrons. The smallest absolute Gasteiger partial charge is 0.0628 e. The van der Waals surface area contributed by atoms with E-state index < -0.39 is 0 Å². The highest BCUT2D eigenvalue weighted by atomic mass is 16.3. The second kappa shape index (κ2) is 6.37. The van der Waals surface area contributed by atoms with E-state index in [-0.39, 0.29) is 12.6 Å². The van der Waals surface area contributed by atoms with Gasteiger partial charge in [0, 0.05) is 45.5 Å². The molecule has 1 aromatic rings. The van der Waals surface area contributed by atoms with Crippen LogP contribution in [0.5, 0.6) is 0 Å². The SMILES string of the molecule is CC1CN(C(CO)c2ccc(N(C)C)cc2)CCN1. The first-order valence-electron chi connectivity index (χ1n) is 6.97. The summed E-state index contributed by atoms with van der Waals surface area (Å²) < 4.78 is 0. The predicted molar refractivity (Wildman–Crippen MR) is 79.6 cm³/mol. The Morgan fingerprint density at radius 1 is 1.37 bits per heavy atom. The van der Waals surface area contributed by atoms with E-state index >= 15 is 0 Å². The Morgan fingerprint density at radius 2 is 2.05 bits per heavy atom. The summed E-state index contributed by atoms with van der Waals surface area (Å²) in [5.74, 6) is 0. The normalized spacial score (nSPS) is 22.2. The summed E-state index contributed by atoms with van der Waals surface area (Å²) in [6.45, 7) is 5.34. The number of benzene rings is 1. The summed E-state index contributed by atoms with van der Waals surface area (Å²) in [7, 11) is 4.08. The van der Waals surface area contributed by atoms with Crippen molar-refractivity contribution in [2.45, 2.75) is 19.0 Å². The molecule has 0 aromatic heterocycles. The van der Waals surface area contributed by atoms with E-state index in [1.54, 1.807) is 0 Å². The lowest BCUT2D eigenvalue weighted by Gasteiger charge is -2.37. The lowest BCUT2D eigenvalue weighted by atomic mass is 10.0. The van der Waals surface area contributed by atoms with Crippen molar-refractivity contribution in [3.63, 3.8) is 0 Å². The first kappa shape index (κ1) is 14.3. The van der Waals surface area contributed by atoms with Crippen LogP contribution in [0.3, 0.4) is 0 Å². The maximum Gasteiger partial charge on any atom is 0.0628 e. The fraction of sp³-hybridized carbons (Fsp3) is 0.600. The highest BCUT2D eigenvalue weighted by Crippen LogP contribution is 2.23. The number of rotatable bonds is 4. The zero-order valence-corrected chi connectivity index (χ0v) is 12.1. The second-order valence-corrected chi connectivity index (χ2v) is 5.53. The van der Waals surface area contributed by atoms with Crippen LogP contribution in [0.2, 0.25) is 0 Å². The molecule has 2 unspecified atom stereocenters. The highest BCUT2D eigenvalue weighted by molar-refractivity contribution is 5.46. The van der Waals surface area contributed by atoms with Gasteiger partial charge in [-0.2, -0.15) is 0 Å². The largest absolute Gasteiger partial charge is 0.394 e. The van der Waals surface area contributed by atoms with Gasteiger partial charge >= 0.3 is 0 Å². The first-order valence-corrected chi connectivity index (χ1v) is 6.97. The number of hydrogen-bond donors (Lipinski definition) is 2. The van der Waals surface area contributed by atoms with Crippen molar-refractivity contribution in [2.75, 3.05) is 45.2 Å². The number of aliphatic hydroxyl groups excluding tert-OH is 1. The molecule has 4 heteroatoms. The van der Waals surface area contributed by atoms with E-state index in [4.69, 9.17) is 0 Å². The lowest BCUT2D eigenvalue weighted by molar-refractivity contribution is 0.0963. The van der Waals surface area contributed by atoms with Gasteiger partial charge < -0.3 is 15.3 Å². The molecule has 1 aliphatic rings. The third-order valence-electron chi connectivity index (χ3n) is 3.81. The Bertz CT molecular complexity index is 391. The highest BCUT2D eigenvalue weighted by Gasteiger charge is 2.24. The van der Waals surface area contributed by atoms with Gasteiger partial charge in [0.1, 0.15) is 0 Å². The van der Waals surface area contributed by atoms with Crippen LogP contribution in [-0.2, 0) is 0 Å². The van der Waals surface area contributed by atoms with Crippen molar-refractivity contribution < 1.29 is 5.11 Å². The number of nitrogens with zero attached hydrogens (tertiary/aromatic N) is 2. The molecule has 1 aromatic carbocycles. The van der Waals surface area contributed by atoms with Crippen LogP contribution < -0.4 is 10.2 Å². The maximum atomic E-state index is 9.72. The number of piperazine rings is 1. The van der Waals surface area contributed by atoms with Gasteiger partial charge in [0.15, 0.2) is 0 Å². The summed E-state index contributed by atoms with van der Waals surface area (Å²) in [4.78, 5) is 4.45. The summed E-state index contributed by atoms with van der Waals surface area (Å²) in [6.07, 6.45) is 0. The Hall–Kier alpha value is -1.10. The Kier molecular flexibility index (Phi) is 4.80. The number of anilines is 1. The van der Waals surface area contributed by atoms with Crippen molar-refractivity contribution in [2.24, 2.45) is 0 Å². The molecular formula is C15H25N3O. The third kappa shape index (κ3) is 3.47. The molecule has 19 heavy (non-hydrogen) atoms. The van der Waals surface area contributed by atoms with Gasteiger partial charge in [0.25, 0.3) is 0 Å². The van der Waals surface area contributed by atoms with Crippen LogP contribution in [0, 0.1) is 0 Å². The minimum Gasteiger partial charge on any atom is -0.394 e. The topological polar surface area (TPSA) is 38.7 Å². The fourth-order valence-electron chi connectivity index (χ4n) is 2.67. The zero-order chi connectivity index (χ0) is 13.8. The Morgan fingerprint density at radius 3 is 2.58 bits per heavy atom. The lowest BCUT2D eigenvalue weighted by Crippen LogP contribution is -2.50. The Labute approximate surface area is 116 Å². The van der Waals surface area contributed by atoms with Gasteiger partial charge in [0.05, 0.1) is 12.6 Å². The molecule has 0 radical (unpaired) electrons. The summed E-state index contributed by atoms with van der Waals surface area (Å²) in [6, 6.07) is 9.09. The third-order valence-corrected chi connectivity index (χ3v) is 3.81. The molecule has 0 amide bonds. The summed E-state index contributed by atoms with van der Waals surface area (Å²) >= 11 is 0. The van der Waals surface area contributed by atoms with Crippen molar-refractivity contribution in [3.05, 3.63) is 29.8 Å². The monoisotopic (exact) mass is 263 g/mol. The van der Waals surface area contributed by atoms with E-state index in [0.717, 1.165) is 19.6 Å². The fourth-order valence-corrected chi connectivity index (χ4v) is 2.67. The summed E-state index contributed by atoms with van der Waals surface area (Å²) in [5.41, 5.74) is 2.39. The quantitative estimate of drug-likeness (QED) is 0.852. The van der Waals surface area contributed by atoms with E-state index in [2.05, 4.69) is 46.3 Å². The maximum absolute atomic E-state index is 9.72. The molecule has 0 aliphatic carbocycles. The molecule has 1 fully saturated rings. The van der Waals surface area contributed by atoms with Crippen molar-refractivity contribution in [3.8, 4) is 0 Å². The van der Waals surface area contributed by atoms with E-state index in [0.29, 0.717) is 6.04 Å². The average Bonchev–Trinajstić information content (AvgIpc) is 2.40. The molecule has 1 heterocycles. The van der Waals surface area contributed by atoms with E-state index in [9.17, 15) is 5.11 Å². The van der Waals surface area contributed by atoms with Gasteiger partial charge in [-0.3, -0.25) is 4.90 Å². The molecule has 0 spiro atoms. The van der Waals surface area contributed by atoms with Crippen molar-refractivity contribution in [1.29, 1.82) is 0 Å². The van der Waals surface area contributed by atoms with Gasteiger partial charge in [-0.05, 0) is 24.6 Å². The number of aliphatic hydroxyl groups is 1. The van der Waals surface area contributed by atoms with Crippen LogP contribution in [0.25, 0.3) is 0 Å². The van der Waals surface area contributed by atoms with Crippen LogP contribution in [-0.4, -0.2) is 56.4 Å². The van der Waals surface area contributed by atoms with Crippen molar-refractivity contribution >= 4 is 5.69 Å². The van der Waals surface area contributed by atoms with E-state index in [1.807, 2.05) is 14.1 Å². The van der Waals surface area contributed by atoms with Gasteiger partial charge in [0.2, 0.25) is 0 Å². The molecule has 1 saturated heterocycles. The zero-order valence-electron chi connectivity index (χ0n) is 12.1. The average molecular weight is 263 g/mol. The molecule has 1 aliphatic heterocycles. The van der Waals surface area contributed by atoms with Gasteiger partial charge in [-0.1, -0.05) is 12.1 Å². The summed E-state index contributed by atoms with van der Waals surface area (Å²) in [5, 5.41) is 13.2. The molecule has 2 rings (SSSR count). The minimum absolute atomic E-state index is 0.112. The number of hydrogen-bond acceptors (Lipinski definition) is 4.